The van der Waals surface area contributed by atoms with Crippen LogP contribution in [0, 0.1) is 11.8 Å². The van der Waals surface area contributed by atoms with Crippen molar-refractivity contribution in [2.45, 2.75) is 37.8 Å². The molecule has 0 radical (unpaired) electrons. The van der Waals surface area contributed by atoms with Gasteiger partial charge in [-0.2, -0.15) is 0 Å². The van der Waals surface area contributed by atoms with E-state index in [1.165, 1.54) is 25.7 Å². The molecule has 4 rings (SSSR count). The maximum absolute atomic E-state index is 5.94. The van der Waals surface area contributed by atoms with Crippen LogP contribution in [0.1, 0.15) is 25.7 Å². The van der Waals surface area contributed by atoms with E-state index in [2.05, 4.69) is 11.9 Å². The molecule has 2 nitrogen and oxygen atoms in total. The first-order valence-electron chi connectivity index (χ1n) is 5.68. The maximum atomic E-state index is 5.94. The summed E-state index contributed by atoms with van der Waals surface area (Å²) in [7, 11) is 2.28. The van der Waals surface area contributed by atoms with Gasteiger partial charge in [-0.3, -0.25) is 4.90 Å². The lowest BCUT2D eigenvalue weighted by molar-refractivity contribution is -0.149. The molecule has 0 aromatic carbocycles. The van der Waals surface area contributed by atoms with E-state index in [-0.39, 0.29) is 0 Å². The molecular weight excluding hydrogens is 162 g/mol. The number of rotatable bonds is 0. The zero-order chi connectivity index (χ0) is 8.84. The van der Waals surface area contributed by atoms with Crippen LogP contribution in [0.2, 0.25) is 0 Å². The van der Waals surface area contributed by atoms with Crippen molar-refractivity contribution in [3.8, 4) is 0 Å². The van der Waals surface area contributed by atoms with Crippen molar-refractivity contribution in [1.29, 1.82) is 0 Å². The van der Waals surface area contributed by atoms with Gasteiger partial charge in [-0.25, -0.2) is 0 Å². The van der Waals surface area contributed by atoms with Crippen molar-refractivity contribution in [1.82, 2.24) is 4.90 Å². The molecule has 2 bridgehead atoms. The third kappa shape index (κ3) is 1.15. The minimum absolute atomic E-state index is 0.589. The predicted molar refractivity (Wildman–Crippen MR) is 51.6 cm³/mol. The summed E-state index contributed by atoms with van der Waals surface area (Å²) in [6, 6.07) is 0.765. The predicted octanol–water partition coefficient (Wildman–Crippen LogP) is 1.51. The number of hydrogen-bond acceptors (Lipinski definition) is 2. The first-order chi connectivity index (χ1) is 6.36. The van der Waals surface area contributed by atoms with Crippen LogP contribution in [0.25, 0.3) is 0 Å². The fourth-order valence-corrected chi connectivity index (χ4v) is 3.69. The molecule has 1 aliphatic heterocycles. The van der Waals surface area contributed by atoms with E-state index in [4.69, 9.17) is 4.74 Å². The van der Waals surface area contributed by atoms with Gasteiger partial charge in [0.2, 0.25) is 0 Å². The number of ether oxygens (including phenoxy) is 1. The Morgan fingerprint density at radius 1 is 1.08 bits per heavy atom. The molecular formula is C11H19NO. The Labute approximate surface area is 80.2 Å². The lowest BCUT2D eigenvalue weighted by Crippen LogP contribution is -2.60. The number of hydrogen-bond donors (Lipinski definition) is 0. The van der Waals surface area contributed by atoms with Crippen LogP contribution in [0.4, 0.5) is 0 Å². The summed E-state index contributed by atoms with van der Waals surface area (Å²) in [6.07, 6.45) is 6.37. The second kappa shape index (κ2) is 2.96. The molecule has 4 fully saturated rings. The second-order valence-corrected chi connectivity index (χ2v) is 4.98. The highest BCUT2D eigenvalue weighted by molar-refractivity contribution is 4.99. The van der Waals surface area contributed by atoms with Crippen LogP contribution in [-0.2, 0) is 4.74 Å². The van der Waals surface area contributed by atoms with Crippen LogP contribution < -0.4 is 0 Å². The maximum Gasteiger partial charge on any atom is 0.0761 e. The summed E-state index contributed by atoms with van der Waals surface area (Å²) in [6.45, 7) is 2.10. The number of fused-ring (bicyclic) bond motifs is 2. The summed E-state index contributed by atoms with van der Waals surface area (Å²) in [4.78, 5) is 2.55. The Bertz CT molecular complexity index is 198. The second-order valence-electron chi connectivity index (χ2n) is 4.98. The Hall–Kier alpha value is -0.0800. The van der Waals surface area contributed by atoms with Gasteiger partial charge in [-0.1, -0.05) is 0 Å². The smallest absolute Gasteiger partial charge is 0.0761 e. The van der Waals surface area contributed by atoms with E-state index in [1.807, 2.05) is 0 Å². The molecule has 0 N–H and O–H groups in total. The fourth-order valence-electron chi connectivity index (χ4n) is 3.69. The summed E-state index contributed by atoms with van der Waals surface area (Å²) in [5.41, 5.74) is 0. The summed E-state index contributed by atoms with van der Waals surface area (Å²) in [5.74, 6) is 1.83. The van der Waals surface area contributed by atoms with Gasteiger partial charge in [0.1, 0.15) is 0 Å². The molecule has 3 aliphatic carbocycles. The largest absolute Gasteiger partial charge is 0.375 e. The lowest BCUT2D eigenvalue weighted by Gasteiger charge is -2.54. The van der Waals surface area contributed by atoms with Crippen molar-refractivity contribution < 1.29 is 4.74 Å². The first-order valence-corrected chi connectivity index (χ1v) is 5.68. The van der Waals surface area contributed by atoms with Crippen LogP contribution in [0.3, 0.4) is 0 Å². The fraction of sp³-hybridized carbons (Fsp3) is 1.00. The molecule has 0 aromatic heterocycles. The highest BCUT2D eigenvalue weighted by Gasteiger charge is 2.47. The van der Waals surface area contributed by atoms with Crippen molar-refractivity contribution >= 4 is 0 Å². The standard InChI is InChI=1S/C11H19NO/c1-12-6-7-13-11-9-4-2-8(3-5-9)10(11)12/h8-11H,2-7H2,1H3. The van der Waals surface area contributed by atoms with E-state index >= 15 is 0 Å². The molecule has 13 heavy (non-hydrogen) atoms. The Balaban J connectivity index is 1.86. The summed E-state index contributed by atoms with van der Waals surface area (Å²) < 4.78 is 5.94. The molecule has 2 unspecified atom stereocenters. The zero-order valence-corrected chi connectivity index (χ0v) is 8.41. The van der Waals surface area contributed by atoms with Crippen molar-refractivity contribution in [3.05, 3.63) is 0 Å². The van der Waals surface area contributed by atoms with Crippen LogP contribution in [0.5, 0.6) is 0 Å². The van der Waals surface area contributed by atoms with Crippen molar-refractivity contribution in [2.24, 2.45) is 11.8 Å². The summed E-state index contributed by atoms with van der Waals surface area (Å²) in [5, 5.41) is 0. The van der Waals surface area contributed by atoms with Gasteiger partial charge in [0, 0.05) is 12.6 Å². The lowest BCUT2D eigenvalue weighted by atomic mass is 9.65. The molecule has 1 heterocycles. The molecule has 2 heteroatoms. The molecule has 0 aromatic rings. The topological polar surface area (TPSA) is 12.5 Å². The Morgan fingerprint density at radius 2 is 1.77 bits per heavy atom. The monoisotopic (exact) mass is 181 g/mol. The van der Waals surface area contributed by atoms with E-state index in [0.717, 1.165) is 31.0 Å². The highest BCUT2D eigenvalue weighted by atomic mass is 16.5. The molecule has 0 amide bonds. The average molecular weight is 181 g/mol. The molecule has 74 valence electrons. The Morgan fingerprint density at radius 3 is 2.46 bits per heavy atom. The van der Waals surface area contributed by atoms with Gasteiger partial charge in [0.05, 0.1) is 12.7 Å². The van der Waals surface area contributed by atoms with E-state index < -0.39 is 0 Å². The van der Waals surface area contributed by atoms with Crippen molar-refractivity contribution in [3.63, 3.8) is 0 Å². The number of likely N-dealkylation sites (N-methyl/N-ethyl adjacent to an activating group) is 1. The highest BCUT2D eigenvalue weighted by Crippen LogP contribution is 2.45. The quantitative estimate of drug-likeness (QED) is 0.561. The normalized spacial score (nSPS) is 50.5. The zero-order valence-electron chi connectivity index (χ0n) is 8.41. The minimum Gasteiger partial charge on any atom is -0.375 e. The van der Waals surface area contributed by atoms with Crippen LogP contribution in [-0.4, -0.2) is 37.2 Å². The molecule has 1 saturated heterocycles. The molecule has 3 saturated carbocycles. The number of nitrogens with zero attached hydrogens (tertiary/aromatic N) is 1. The SMILES string of the molecule is CN1CCOC2C3CCC(CC3)C21. The van der Waals surface area contributed by atoms with Crippen LogP contribution >= 0.6 is 0 Å². The van der Waals surface area contributed by atoms with Gasteiger partial charge in [-0.15, -0.1) is 0 Å². The van der Waals surface area contributed by atoms with E-state index in [9.17, 15) is 0 Å². The first kappa shape index (κ1) is 8.25. The molecule has 2 atom stereocenters. The molecule has 4 aliphatic rings. The van der Waals surface area contributed by atoms with Gasteiger partial charge in [-0.05, 0) is 44.6 Å². The van der Waals surface area contributed by atoms with E-state index in [1.54, 1.807) is 0 Å². The third-order valence-corrected chi connectivity index (χ3v) is 4.36. The average Bonchev–Trinajstić information content (AvgIpc) is 2.20. The third-order valence-electron chi connectivity index (χ3n) is 4.36. The minimum atomic E-state index is 0.589. The van der Waals surface area contributed by atoms with Gasteiger partial charge in [0.25, 0.3) is 0 Å². The van der Waals surface area contributed by atoms with E-state index in [0.29, 0.717) is 6.10 Å². The molecule has 0 spiro atoms. The van der Waals surface area contributed by atoms with Gasteiger partial charge < -0.3 is 4.74 Å². The Kier molecular flexibility index (Phi) is 1.88. The number of morpholine rings is 1. The summed E-state index contributed by atoms with van der Waals surface area (Å²) >= 11 is 0. The van der Waals surface area contributed by atoms with Crippen molar-refractivity contribution in [2.75, 3.05) is 20.2 Å². The van der Waals surface area contributed by atoms with Crippen LogP contribution in [0.15, 0.2) is 0 Å². The van der Waals surface area contributed by atoms with Gasteiger partial charge >= 0.3 is 0 Å². The van der Waals surface area contributed by atoms with Gasteiger partial charge in [0.15, 0.2) is 0 Å².